The molecule has 0 spiro atoms. The van der Waals surface area contributed by atoms with Crippen LogP contribution < -0.4 is 14.9 Å². The van der Waals surface area contributed by atoms with Gasteiger partial charge in [0.1, 0.15) is 11.5 Å². The Balaban J connectivity index is 1.72. The van der Waals surface area contributed by atoms with Crippen LogP contribution in [0.4, 0.5) is 0 Å². The molecule has 1 atom stereocenters. The Bertz CT molecular complexity index is 894. The number of nitrogens with one attached hydrogen (secondary N) is 2. The second-order valence-electron chi connectivity index (χ2n) is 7.25. The number of carbonyl (C=O) groups excluding carboxylic acids is 1. The van der Waals surface area contributed by atoms with Gasteiger partial charge in [-0.25, -0.2) is 18.6 Å². The maximum atomic E-state index is 12.9. The summed E-state index contributed by atoms with van der Waals surface area (Å²) in [5, 5.41) is 8.86. The van der Waals surface area contributed by atoms with Crippen LogP contribution in [-0.2, 0) is 14.8 Å². The fraction of sp³-hybridized carbons (Fsp3) is 0.381. The highest BCUT2D eigenvalue weighted by Gasteiger charge is 2.30. The largest absolute Gasteiger partial charge is 0.457 e. The smallest absolute Gasteiger partial charge is 0.244 e. The van der Waals surface area contributed by atoms with Gasteiger partial charge in [-0.05, 0) is 55.2 Å². The number of rotatable bonds is 8. The molecule has 0 saturated heterocycles. The number of hydroxylamine groups is 1. The number of benzene rings is 2. The Kier molecular flexibility index (Phi) is 7.24. The summed E-state index contributed by atoms with van der Waals surface area (Å²) in [6, 6.07) is 14.8. The second kappa shape index (κ2) is 9.87. The van der Waals surface area contributed by atoms with Gasteiger partial charge in [-0.2, -0.15) is 0 Å². The number of hydrogen-bond acceptors (Lipinski definition) is 5. The first kappa shape index (κ1) is 21.3. The third-order valence-corrected chi connectivity index (χ3v) is 6.67. The summed E-state index contributed by atoms with van der Waals surface area (Å²) in [7, 11) is -3.82. The van der Waals surface area contributed by atoms with Gasteiger partial charge in [-0.3, -0.25) is 10.0 Å². The maximum absolute atomic E-state index is 12.9. The van der Waals surface area contributed by atoms with E-state index in [4.69, 9.17) is 9.94 Å². The lowest BCUT2D eigenvalue weighted by atomic mass is 9.83. The van der Waals surface area contributed by atoms with Gasteiger partial charge >= 0.3 is 0 Å². The molecule has 8 heteroatoms. The van der Waals surface area contributed by atoms with Crippen LogP contribution in [0.15, 0.2) is 59.5 Å². The van der Waals surface area contributed by atoms with Gasteiger partial charge in [-0.1, -0.05) is 37.5 Å². The maximum Gasteiger partial charge on any atom is 0.244 e. The van der Waals surface area contributed by atoms with Crippen LogP contribution in [0.3, 0.4) is 0 Å². The molecule has 0 bridgehead atoms. The van der Waals surface area contributed by atoms with Crippen LogP contribution in [-0.4, -0.2) is 25.6 Å². The number of hydrogen-bond donors (Lipinski definition) is 3. The van der Waals surface area contributed by atoms with E-state index in [9.17, 15) is 13.2 Å². The lowest BCUT2D eigenvalue weighted by Gasteiger charge is -2.30. The van der Waals surface area contributed by atoms with E-state index < -0.39 is 22.0 Å². The van der Waals surface area contributed by atoms with E-state index in [0.29, 0.717) is 11.5 Å². The van der Waals surface area contributed by atoms with E-state index in [-0.39, 0.29) is 17.2 Å². The predicted molar refractivity (Wildman–Crippen MR) is 108 cm³/mol. The van der Waals surface area contributed by atoms with E-state index in [2.05, 4.69) is 4.72 Å². The average Bonchev–Trinajstić information content (AvgIpc) is 2.75. The lowest BCUT2D eigenvalue weighted by molar-refractivity contribution is -0.129. The van der Waals surface area contributed by atoms with Crippen molar-refractivity contribution < 1.29 is 23.2 Å². The van der Waals surface area contributed by atoms with Crippen molar-refractivity contribution in [1.82, 2.24) is 10.2 Å². The first-order valence-electron chi connectivity index (χ1n) is 9.76. The van der Waals surface area contributed by atoms with Crippen molar-refractivity contribution in [2.45, 2.75) is 49.5 Å². The normalized spacial score (nSPS) is 16.2. The van der Waals surface area contributed by atoms with Crippen molar-refractivity contribution in [3.8, 4) is 11.5 Å². The van der Waals surface area contributed by atoms with Gasteiger partial charge in [0.25, 0.3) is 0 Å². The molecule has 2 aromatic carbocycles. The third-order valence-electron chi connectivity index (χ3n) is 5.17. The molecule has 29 heavy (non-hydrogen) atoms. The van der Waals surface area contributed by atoms with Gasteiger partial charge in [0.15, 0.2) is 0 Å². The minimum atomic E-state index is -3.82. The minimum absolute atomic E-state index is 0.0662. The number of ether oxygens (including phenoxy) is 1. The fourth-order valence-corrected chi connectivity index (χ4v) is 4.97. The summed E-state index contributed by atoms with van der Waals surface area (Å²) in [6.07, 6.45) is 4.75. The van der Waals surface area contributed by atoms with Crippen LogP contribution in [0.25, 0.3) is 0 Å². The van der Waals surface area contributed by atoms with E-state index in [1.165, 1.54) is 12.1 Å². The highest BCUT2D eigenvalue weighted by molar-refractivity contribution is 7.89. The molecule has 1 unspecified atom stereocenters. The van der Waals surface area contributed by atoms with Crippen LogP contribution in [0, 0.1) is 5.92 Å². The second-order valence-corrected chi connectivity index (χ2v) is 8.97. The summed E-state index contributed by atoms with van der Waals surface area (Å²) in [5.41, 5.74) is 1.60. The van der Waals surface area contributed by atoms with Crippen LogP contribution in [0.1, 0.15) is 38.5 Å². The fourth-order valence-electron chi connectivity index (χ4n) is 3.67. The molecule has 0 radical (unpaired) electrons. The quantitative estimate of drug-likeness (QED) is 0.449. The van der Waals surface area contributed by atoms with Gasteiger partial charge in [-0.15, -0.1) is 0 Å². The molecule has 1 aliphatic carbocycles. The summed E-state index contributed by atoms with van der Waals surface area (Å²) in [5.74, 6) is 0.652. The van der Waals surface area contributed by atoms with E-state index >= 15 is 0 Å². The Hall–Kier alpha value is -2.42. The Morgan fingerprint density at radius 2 is 1.62 bits per heavy atom. The molecule has 0 aromatic heterocycles. The molecule has 1 amide bonds. The minimum Gasteiger partial charge on any atom is -0.457 e. The zero-order valence-electron chi connectivity index (χ0n) is 16.1. The summed E-state index contributed by atoms with van der Waals surface area (Å²) >= 11 is 0. The van der Waals surface area contributed by atoms with E-state index in [1.807, 2.05) is 30.3 Å². The van der Waals surface area contributed by atoms with Gasteiger partial charge < -0.3 is 4.74 Å². The van der Waals surface area contributed by atoms with Crippen molar-refractivity contribution >= 4 is 15.9 Å². The topological polar surface area (TPSA) is 105 Å². The van der Waals surface area contributed by atoms with Gasteiger partial charge in [0.05, 0.1) is 4.90 Å². The summed E-state index contributed by atoms with van der Waals surface area (Å²) in [6.45, 7) is 0. The van der Waals surface area contributed by atoms with Crippen molar-refractivity contribution in [3.63, 3.8) is 0 Å². The summed E-state index contributed by atoms with van der Waals surface area (Å²) in [4.78, 5) is 11.8. The Morgan fingerprint density at radius 1 is 1.00 bits per heavy atom. The molecule has 1 fully saturated rings. The molecule has 0 aliphatic heterocycles. The first-order valence-corrected chi connectivity index (χ1v) is 11.2. The van der Waals surface area contributed by atoms with Gasteiger partial charge in [0, 0.05) is 12.5 Å². The standard InChI is InChI=1S/C21H26N2O5S/c24-21(22-25)15-20(16-7-3-1-4-8-16)23-29(26,27)19-13-11-18(12-14-19)28-17-9-5-2-6-10-17/h2,5-6,9-14,16,20,23,25H,1,3-4,7-8,15H2,(H,22,24). The lowest BCUT2D eigenvalue weighted by Crippen LogP contribution is -2.44. The average molecular weight is 419 g/mol. The number of amides is 1. The molecule has 0 heterocycles. The van der Waals surface area contributed by atoms with Crippen molar-refractivity contribution in [1.29, 1.82) is 0 Å². The molecular weight excluding hydrogens is 392 g/mol. The summed E-state index contributed by atoms with van der Waals surface area (Å²) < 4.78 is 34.1. The zero-order chi connectivity index (χ0) is 20.7. The van der Waals surface area contributed by atoms with Crippen molar-refractivity contribution in [3.05, 3.63) is 54.6 Å². The van der Waals surface area contributed by atoms with E-state index in [0.717, 1.165) is 32.1 Å². The molecular formula is C21H26N2O5S. The highest BCUT2D eigenvalue weighted by Crippen LogP contribution is 2.29. The molecule has 7 nitrogen and oxygen atoms in total. The number of sulfonamides is 1. The Morgan fingerprint density at radius 3 is 2.24 bits per heavy atom. The molecule has 1 aliphatic rings. The molecule has 2 aromatic rings. The Labute approximate surface area is 171 Å². The molecule has 156 valence electrons. The van der Waals surface area contributed by atoms with Crippen LogP contribution in [0.5, 0.6) is 11.5 Å². The highest BCUT2D eigenvalue weighted by atomic mass is 32.2. The predicted octanol–water partition coefficient (Wildman–Crippen LogP) is 3.60. The van der Waals surface area contributed by atoms with Gasteiger partial charge in [0.2, 0.25) is 15.9 Å². The molecule has 3 N–H and O–H groups in total. The number of carbonyl (C=O) groups is 1. The SMILES string of the molecule is O=C(CC(NS(=O)(=O)c1ccc(Oc2ccccc2)cc1)C1CCCCC1)NO. The first-order chi connectivity index (χ1) is 14.0. The molecule has 3 rings (SSSR count). The van der Waals surface area contributed by atoms with Crippen LogP contribution >= 0.6 is 0 Å². The van der Waals surface area contributed by atoms with Crippen molar-refractivity contribution in [2.75, 3.05) is 0 Å². The zero-order valence-corrected chi connectivity index (χ0v) is 16.9. The molecule has 1 saturated carbocycles. The monoisotopic (exact) mass is 418 g/mol. The van der Waals surface area contributed by atoms with Crippen molar-refractivity contribution in [2.24, 2.45) is 5.92 Å². The third kappa shape index (κ3) is 6.03. The number of para-hydroxylation sites is 1. The van der Waals surface area contributed by atoms with Crippen LogP contribution in [0.2, 0.25) is 0 Å². The van der Waals surface area contributed by atoms with E-state index in [1.54, 1.807) is 17.6 Å².